The summed E-state index contributed by atoms with van der Waals surface area (Å²) in [5, 5.41) is 3.97. The molecule has 1 N–H and O–H groups in total. The molecule has 134 valence electrons. The van der Waals surface area contributed by atoms with E-state index in [0.717, 1.165) is 21.3 Å². The van der Waals surface area contributed by atoms with Crippen molar-refractivity contribution in [2.24, 2.45) is 7.05 Å². The molecule has 26 heavy (non-hydrogen) atoms. The first-order chi connectivity index (χ1) is 12.3. The first kappa shape index (κ1) is 18.7. The van der Waals surface area contributed by atoms with Gasteiger partial charge in [0.15, 0.2) is 5.16 Å². The molecule has 0 radical (unpaired) electrons. The topological polar surface area (TPSA) is 64.0 Å². The molecule has 0 saturated carbocycles. The summed E-state index contributed by atoms with van der Waals surface area (Å²) in [7, 11) is 1.67. The number of aryl methyl sites for hydroxylation is 2. The van der Waals surface area contributed by atoms with E-state index in [1.54, 1.807) is 7.05 Å². The molecule has 3 aromatic rings. The SMILES string of the molecule is Cc1ccc(NC(=O)CSc2nc3ccc(C)cc3c(=O)n2C)c(Br)c1. The summed E-state index contributed by atoms with van der Waals surface area (Å²) in [6.45, 7) is 3.93. The highest BCUT2D eigenvalue weighted by atomic mass is 79.9. The molecule has 1 aromatic heterocycles. The van der Waals surface area contributed by atoms with E-state index in [1.165, 1.54) is 16.3 Å². The highest BCUT2D eigenvalue weighted by molar-refractivity contribution is 9.10. The van der Waals surface area contributed by atoms with E-state index in [1.807, 2.05) is 50.2 Å². The van der Waals surface area contributed by atoms with Crippen molar-refractivity contribution in [3.63, 3.8) is 0 Å². The van der Waals surface area contributed by atoms with Gasteiger partial charge in [0, 0.05) is 11.5 Å². The predicted octanol–water partition coefficient (Wildman–Crippen LogP) is 4.04. The van der Waals surface area contributed by atoms with Crippen LogP contribution in [0.5, 0.6) is 0 Å². The third-order valence-electron chi connectivity index (χ3n) is 3.92. The van der Waals surface area contributed by atoms with E-state index in [0.29, 0.717) is 16.1 Å². The standard InChI is InChI=1S/C19H18BrN3O2S/c1-11-4-6-15-13(8-11)18(25)23(3)19(22-15)26-10-17(24)21-16-7-5-12(2)9-14(16)20/h4-9H,10H2,1-3H3,(H,21,24). The average Bonchev–Trinajstić information content (AvgIpc) is 2.60. The van der Waals surface area contributed by atoms with Crippen LogP contribution in [0, 0.1) is 13.8 Å². The smallest absolute Gasteiger partial charge is 0.261 e. The van der Waals surface area contributed by atoms with Crippen molar-refractivity contribution < 1.29 is 4.79 Å². The van der Waals surface area contributed by atoms with Gasteiger partial charge in [-0.3, -0.25) is 14.2 Å². The van der Waals surface area contributed by atoms with Crippen molar-refractivity contribution in [2.45, 2.75) is 19.0 Å². The molecule has 0 aliphatic heterocycles. The Morgan fingerprint density at radius 1 is 1.19 bits per heavy atom. The molecule has 2 aromatic carbocycles. The molecule has 0 unspecified atom stereocenters. The van der Waals surface area contributed by atoms with E-state index in [2.05, 4.69) is 26.2 Å². The summed E-state index contributed by atoms with van der Waals surface area (Å²) in [5.41, 5.74) is 3.37. The van der Waals surface area contributed by atoms with Crippen LogP contribution in [0.4, 0.5) is 5.69 Å². The average molecular weight is 432 g/mol. The van der Waals surface area contributed by atoms with Crippen molar-refractivity contribution >= 4 is 50.2 Å². The van der Waals surface area contributed by atoms with E-state index in [4.69, 9.17) is 0 Å². The second-order valence-corrected chi connectivity index (χ2v) is 7.90. The lowest BCUT2D eigenvalue weighted by atomic mass is 10.2. The van der Waals surface area contributed by atoms with Crippen molar-refractivity contribution in [1.82, 2.24) is 9.55 Å². The molecule has 3 rings (SSSR count). The molecule has 7 heteroatoms. The largest absolute Gasteiger partial charge is 0.324 e. The van der Waals surface area contributed by atoms with E-state index < -0.39 is 0 Å². The Kier molecular flexibility index (Phi) is 5.48. The van der Waals surface area contributed by atoms with Crippen LogP contribution in [0.15, 0.2) is 50.8 Å². The van der Waals surface area contributed by atoms with Gasteiger partial charge in [0.25, 0.3) is 5.56 Å². The van der Waals surface area contributed by atoms with Crippen LogP contribution >= 0.6 is 27.7 Å². The molecule has 5 nitrogen and oxygen atoms in total. The highest BCUT2D eigenvalue weighted by Gasteiger charge is 2.12. The van der Waals surface area contributed by atoms with E-state index in [9.17, 15) is 9.59 Å². The third-order valence-corrected chi connectivity index (χ3v) is 5.61. The lowest BCUT2D eigenvalue weighted by Gasteiger charge is -2.10. The number of anilines is 1. The van der Waals surface area contributed by atoms with Gasteiger partial charge in [0.05, 0.1) is 22.3 Å². The third kappa shape index (κ3) is 3.99. The van der Waals surface area contributed by atoms with Crippen molar-refractivity contribution in [2.75, 3.05) is 11.1 Å². The Labute approximate surface area is 164 Å². The number of rotatable bonds is 4. The zero-order chi connectivity index (χ0) is 18.8. The Hall–Kier alpha value is -2.12. The Morgan fingerprint density at radius 2 is 1.88 bits per heavy atom. The van der Waals surface area contributed by atoms with Gasteiger partial charge in [-0.1, -0.05) is 29.5 Å². The fourth-order valence-corrected chi connectivity index (χ4v) is 3.90. The number of amides is 1. The number of hydrogen-bond donors (Lipinski definition) is 1. The van der Waals surface area contributed by atoms with E-state index in [-0.39, 0.29) is 17.2 Å². The molecular weight excluding hydrogens is 414 g/mol. The number of benzene rings is 2. The first-order valence-corrected chi connectivity index (χ1v) is 9.79. The van der Waals surface area contributed by atoms with Gasteiger partial charge in [-0.2, -0.15) is 0 Å². The van der Waals surface area contributed by atoms with Crippen LogP contribution in [0.2, 0.25) is 0 Å². The monoisotopic (exact) mass is 431 g/mol. The van der Waals surface area contributed by atoms with Crippen LogP contribution in [0.3, 0.4) is 0 Å². The summed E-state index contributed by atoms with van der Waals surface area (Å²) in [4.78, 5) is 29.3. The zero-order valence-corrected chi connectivity index (χ0v) is 17.1. The number of carbonyl (C=O) groups is 1. The van der Waals surface area contributed by atoms with Gasteiger partial charge in [-0.05, 0) is 59.6 Å². The lowest BCUT2D eigenvalue weighted by molar-refractivity contribution is -0.113. The maximum absolute atomic E-state index is 12.5. The number of aromatic nitrogens is 2. The second-order valence-electron chi connectivity index (χ2n) is 6.10. The van der Waals surface area contributed by atoms with Crippen LogP contribution in [0.25, 0.3) is 10.9 Å². The number of fused-ring (bicyclic) bond motifs is 1. The second kappa shape index (κ2) is 7.63. The minimum absolute atomic E-state index is 0.108. The Morgan fingerprint density at radius 3 is 2.62 bits per heavy atom. The summed E-state index contributed by atoms with van der Waals surface area (Å²) in [6.07, 6.45) is 0. The molecular formula is C19H18BrN3O2S. The van der Waals surface area contributed by atoms with Crippen LogP contribution in [0.1, 0.15) is 11.1 Å². The number of nitrogens with one attached hydrogen (secondary N) is 1. The molecule has 0 aliphatic rings. The quantitative estimate of drug-likeness (QED) is 0.499. The first-order valence-electron chi connectivity index (χ1n) is 8.01. The zero-order valence-electron chi connectivity index (χ0n) is 14.7. The fraction of sp³-hybridized carbons (Fsp3) is 0.211. The molecule has 0 spiro atoms. The Bertz CT molecular complexity index is 1060. The number of carbonyl (C=O) groups excluding carboxylic acids is 1. The normalized spacial score (nSPS) is 10.9. The summed E-state index contributed by atoms with van der Waals surface area (Å²) in [5.74, 6) is 0.00984. The van der Waals surface area contributed by atoms with Crippen LogP contribution in [-0.2, 0) is 11.8 Å². The number of thioether (sulfide) groups is 1. The number of halogens is 1. The maximum Gasteiger partial charge on any atom is 0.261 e. The van der Waals surface area contributed by atoms with Gasteiger partial charge in [0.2, 0.25) is 5.91 Å². The number of hydrogen-bond acceptors (Lipinski definition) is 4. The van der Waals surface area contributed by atoms with Gasteiger partial charge in [-0.25, -0.2) is 4.98 Å². The molecule has 0 aliphatic carbocycles. The fourth-order valence-electron chi connectivity index (χ4n) is 2.53. The summed E-state index contributed by atoms with van der Waals surface area (Å²) < 4.78 is 2.32. The van der Waals surface area contributed by atoms with Crippen LogP contribution in [-0.4, -0.2) is 21.2 Å². The molecule has 0 bridgehead atoms. The summed E-state index contributed by atoms with van der Waals surface area (Å²) in [6, 6.07) is 11.3. The molecule has 1 heterocycles. The Balaban J connectivity index is 1.77. The predicted molar refractivity (Wildman–Crippen MR) is 110 cm³/mol. The molecule has 0 fully saturated rings. The van der Waals surface area contributed by atoms with Gasteiger partial charge in [-0.15, -0.1) is 0 Å². The molecule has 1 amide bonds. The van der Waals surface area contributed by atoms with Crippen LogP contribution < -0.4 is 10.9 Å². The minimum atomic E-state index is -0.155. The maximum atomic E-state index is 12.5. The molecule has 0 saturated heterocycles. The van der Waals surface area contributed by atoms with Crippen molar-refractivity contribution in [3.8, 4) is 0 Å². The molecule has 0 atom stereocenters. The lowest BCUT2D eigenvalue weighted by Crippen LogP contribution is -2.21. The number of nitrogens with zero attached hydrogens (tertiary/aromatic N) is 2. The van der Waals surface area contributed by atoms with Gasteiger partial charge >= 0.3 is 0 Å². The highest BCUT2D eigenvalue weighted by Crippen LogP contribution is 2.24. The van der Waals surface area contributed by atoms with Gasteiger partial charge in [0.1, 0.15) is 0 Å². The van der Waals surface area contributed by atoms with Crippen molar-refractivity contribution in [1.29, 1.82) is 0 Å². The minimum Gasteiger partial charge on any atom is -0.324 e. The van der Waals surface area contributed by atoms with Crippen molar-refractivity contribution in [3.05, 3.63) is 62.4 Å². The summed E-state index contributed by atoms with van der Waals surface area (Å²) >= 11 is 4.69. The van der Waals surface area contributed by atoms with Gasteiger partial charge < -0.3 is 5.32 Å². The van der Waals surface area contributed by atoms with E-state index >= 15 is 0 Å².